The maximum absolute atomic E-state index is 9.35. The fourth-order valence-electron chi connectivity index (χ4n) is 3.03. The van der Waals surface area contributed by atoms with Gasteiger partial charge in [-0.1, -0.05) is 24.6 Å². The topological polar surface area (TPSA) is 41.5 Å². The van der Waals surface area contributed by atoms with E-state index in [-0.39, 0.29) is 6.10 Å². The van der Waals surface area contributed by atoms with Gasteiger partial charge in [0.1, 0.15) is 5.75 Å². The van der Waals surface area contributed by atoms with Crippen LogP contribution in [0.5, 0.6) is 5.75 Å². The molecule has 1 aromatic carbocycles. The van der Waals surface area contributed by atoms with Gasteiger partial charge in [0.15, 0.2) is 0 Å². The molecule has 3 nitrogen and oxygen atoms in total. The molecule has 0 amide bonds. The number of hydrogen-bond donors (Lipinski definition) is 2. The Kier molecular flexibility index (Phi) is 5.86. The number of para-hydroxylation sites is 1. The maximum atomic E-state index is 9.35. The van der Waals surface area contributed by atoms with Crippen molar-refractivity contribution in [2.45, 2.75) is 45.8 Å². The minimum Gasteiger partial charge on any atom is -0.491 e. The third kappa shape index (κ3) is 4.22. The molecule has 0 spiro atoms. The van der Waals surface area contributed by atoms with E-state index in [2.05, 4.69) is 31.3 Å². The zero-order chi connectivity index (χ0) is 14.4. The number of aliphatic hydroxyl groups excluding tert-OH is 1. The third-order valence-electron chi connectivity index (χ3n) is 4.11. The summed E-state index contributed by atoms with van der Waals surface area (Å²) in [6.45, 7) is 6.25. The van der Waals surface area contributed by atoms with Crippen molar-refractivity contribution in [3.8, 4) is 5.75 Å². The van der Waals surface area contributed by atoms with Gasteiger partial charge in [-0.15, -0.1) is 0 Å². The molecule has 0 aromatic heterocycles. The van der Waals surface area contributed by atoms with Crippen LogP contribution in [0.2, 0.25) is 0 Å². The van der Waals surface area contributed by atoms with Crippen molar-refractivity contribution < 1.29 is 9.84 Å². The lowest BCUT2D eigenvalue weighted by Gasteiger charge is -2.19. The Balaban J connectivity index is 1.84. The highest BCUT2D eigenvalue weighted by Gasteiger charge is 2.25. The highest BCUT2D eigenvalue weighted by Crippen LogP contribution is 2.30. The van der Waals surface area contributed by atoms with Crippen molar-refractivity contribution in [1.82, 2.24) is 5.32 Å². The van der Waals surface area contributed by atoms with Crippen LogP contribution in [-0.2, 0) is 6.54 Å². The summed E-state index contributed by atoms with van der Waals surface area (Å²) in [4.78, 5) is 0. The molecule has 1 aromatic rings. The Morgan fingerprint density at radius 3 is 2.75 bits per heavy atom. The van der Waals surface area contributed by atoms with Crippen LogP contribution in [0, 0.1) is 11.8 Å². The van der Waals surface area contributed by atoms with E-state index in [1.807, 2.05) is 12.1 Å². The van der Waals surface area contributed by atoms with Gasteiger partial charge in [0.25, 0.3) is 0 Å². The predicted octanol–water partition coefficient (Wildman–Crippen LogP) is 2.97. The molecular formula is C17H27NO2. The molecule has 0 bridgehead atoms. The van der Waals surface area contributed by atoms with E-state index >= 15 is 0 Å². The minimum atomic E-state index is 0.199. The van der Waals surface area contributed by atoms with Crippen LogP contribution >= 0.6 is 0 Å². The van der Waals surface area contributed by atoms with E-state index in [1.54, 1.807) is 0 Å². The molecule has 2 unspecified atom stereocenters. The predicted molar refractivity (Wildman–Crippen MR) is 81.8 cm³/mol. The lowest BCUT2D eigenvalue weighted by molar-refractivity contribution is 0.192. The first-order valence-corrected chi connectivity index (χ1v) is 7.77. The highest BCUT2D eigenvalue weighted by molar-refractivity contribution is 5.33. The number of aliphatic hydroxyl groups is 1. The summed E-state index contributed by atoms with van der Waals surface area (Å²) in [5.41, 5.74) is 1.21. The number of hydrogen-bond acceptors (Lipinski definition) is 3. The van der Waals surface area contributed by atoms with Gasteiger partial charge in [-0.3, -0.25) is 0 Å². The fraction of sp³-hybridized carbons (Fsp3) is 0.647. The number of benzene rings is 1. The Morgan fingerprint density at radius 1 is 1.25 bits per heavy atom. The Morgan fingerprint density at radius 2 is 2.00 bits per heavy atom. The zero-order valence-corrected chi connectivity index (χ0v) is 12.6. The van der Waals surface area contributed by atoms with Gasteiger partial charge in [-0.2, -0.15) is 0 Å². The molecule has 0 aliphatic heterocycles. The molecule has 112 valence electrons. The lowest BCUT2D eigenvalue weighted by atomic mass is 9.97. The van der Waals surface area contributed by atoms with E-state index in [0.29, 0.717) is 18.4 Å². The van der Waals surface area contributed by atoms with E-state index in [9.17, 15) is 5.11 Å². The van der Waals surface area contributed by atoms with Crippen LogP contribution in [0.25, 0.3) is 0 Å². The first-order chi connectivity index (χ1) is 9.70. The normalized spacial score (nSPS) is 22.4. The summed E-state index contributed by atoms with van der Waals surface area (Å²) in [5, 5.41) is 12.9. The molecule has 2 N–H and O–H groups in total. The largest absolute Gasteiger partial charge is 0.491 e. The average molecular weight is 277 g/mol. The monoisotopic (exact) mass is 277 g/mol. The Bertz CT molecular complexity index is 406. The van der Waals surface area contributed by atoms with Crippen molar-refractivity contribution in [2.24, 2.45) is 11.8 Å². The second kappa shape index (κ2) is 7.65. The van der Waals surface area contributed by atoms with Crippen molar-refractivity contribution in [2.75, 3.05) is 13.2 Å². The van der Waals surface area contributed by atoms with E-state index < -0.39 is 0 Å². The van der Waals surface area contributed by atoms with Crippen molar-refractivity contribution >= 4 is 0 Å². The number of nitrogens with one attached hydrogen (secondary N) is 1. The Hall–Kier alpha value is -1.06. The summed E-state index contributed by atoms with van der Waals surface area (Å²) in [7, 11) is 0. The van der Waals surface area contributed by atoms with Crippen LogP contribution in [0.3, 0.4) is 0 Å². The van der Waals surface area contributed by atoms with Crippen LogP contribution < -0.4 is 10.1 Å². The smallest absolute Gasteiger partial charge is 0.124 e. The van der Waals surface area contributed by atoms with Crippen LogP contribution in [-0.4, -0.2) is 24.4 Å². The molecule has 1 fully saturated rings. The van der Waals surface area contributed by atoms with Gasteiger partial charge in [0.05, 0.1) is 6.10 Å². The quantitative estimate of drug-likeness (QED) is 0.805. The van der Waals surface area contributed by atoms with Gasteiger partial charge < -0.3 is 15.2 Å². The molecule has 20 heavy (non-hydrogen) atoms. The first-order valence-electron chi connectivity index (χ1n) is 7.77. The molecule has 3 heteroatoms. The summed E-state index contributed by atoms with van der Waals surface area (Å²) >= 11 is 0. The lowest BCUT2D eigenvalue weighted by Crippen LogP contribution is -2.26. The molecule has 0 saturated heterocycles. The first kappa shape index (κ1) is 15.3. The summed E-state index contributed by atoms with van der Waals surface area (Å²) in [6.07, 6.45) is 3.87. The van der Waals surface area contributed by atoms with Crippen molar-refractivity contribution in [3.05, 3.63) is 29.8 Å². The second-order valence-corrected chi connectivity index (χ2v) is 6.04. The van der Waals surface area contributed by atoms with Gasteiger partial charge in [-0.05, 0) is 51.1 Å². The Labute approximate surface area is 122 Å². The minimum absolute atomic E-state index is 0.199. The van der Waals surface area contributed by atoms with Crippen LogP contribution in [0.15, 0.2) is 24.3 Å². The zero-order valence-electron chi connectivity index (χ0n) is 12.6. The summed E-state index contributed by atoms with van der Waals surface area (Å²) in [6, 6.07) is 8.21. The van der Waals surface area contributed by atoms with Gasteiger partial charge in [0, 0.05) is 18.7 Å². The van der Waals surface area contributed by atoms with E-state index in [4.69, 9.17) is 4.74 Å². The molecule has 2 atom stereocenters. The van der Waals surface area contributed by atoms with Crippen LogP contribution in [0.1, 0.15) is 38.7 Å². The SMILES string of the molecule is CC(C)Oc1ccccc1CNCC1CCCC1CO. The summed E-state index contributed by atoms with van der Waals surface area (Å²) < 4.78 is 5.83. The molecule has 0 heterocycles. The number of rotatable bonds is 7. The van der Waals surface area contributed by atoms with E-state index in [0.717, 1.165) is 18.8 Å². The summed E-state index contributed by atoms with van der Waals surface area (Å²) in [5.74, 6) is 2.09. The van der Waals surface area contributed by atoms with Crippen molar-refractivity contribution in [3.63, 3.8) is 0 Å². The molecule has 1 aliphatic carbocycles. The average Bonchev–Trinajstić information content (AvgIpc) is 2.87. The van der Waals surface area contributed by atoms with Crippen molar-refractivity contribution in [1.29, 1.82) is 0 Å². The van der Waals surface area contributed by atoms with E-state index in [1.165, 1.54) is 24.8 Å². The molecule has 1 saturated carbocycles. The standard InChI is InChI=1S/C17H27NO2/c1-13(2)20-17-9-4-3-6-15(17)11-18-10-14-7-5-8-16(14)12-19/h3-4,6,9,13-14,16,18-19H,5,7-8,10-12H2,1-2H3. The maximum Gasteiger partial charge on any atom is 0.124 e. The third-order valence-corrected chi connectivity index (χ3v) is 4.11. The fourth-order valence-corrected chi connectivity index (χ4v) is 3.03. The van der Waals surface area contributed by atoms with Gasteiger partial charge in [0.2, 0.25) is 0 Å². The highest BCUT2D eigenvalue weighted by atomic mass is 16.5. The second-order valence-electron chi connectivity index (χ2n) is 6.04. The van der Waals surface area contributed by atoms with Gasteiger partial charge in [-0.25, -0.2) is 0 Å². The van der Waals surface area contributed by atoms with Crippen LogP contribution in [0.4, 0.5) is 0 Å². The van der Waals surface area contributed by atoms with Gasteiger partial charge >= 0.3 is 0 Å². The molecule has 1 aliphatic rings. The number of ether oxygens (including phenoxy) is 1. The molecule has 0 radical (unpaired) electrons. The molecular weight excluding hydrogens is 250 g/mol. The molecule has 2 rings (SSSR count).